The van der Waals surface area contributed by atoms with E-state index in [1.807, 2.05) is 18.2 Å². The highest BCUT2D eigenvalue weighted by atomic mass is 16.5. The molecule has 2 rings (SSSR count). The minimum atomic E-state index is 0.245. The molecule has 1 aromatic rings. The third-order valence-corrected chi connectivity index (χ3v) is 5.06. The summed E-state index contributed by atoms with van der Waals surface area (Å²) in [4.78, 5) is 5.00. The highest BCUT2D eigenvalue weighted by molar-refractivity contribution is 5.44. The maximum Gasteiger partial charge on any atom is 0.127 e. The van der Waals surface area contributed by atoms with Crippen LogP contribution < -0.4 is 9.47 Å². The molecule has 1 fully saturated rings. The van der Waals surface area contributed by atoms with Crippen molar-refractivity contribution in [1.29, 1.82) is 0 Å². The standard InChI is InChI=1S/C20H34N2O3/c1-16(2)8-10-22-12-11-21(14-17(22)9-13-23)15-18-19(24-3)6-5-7-20(18)25-4/h5-7,16-17,23H,8-15H2,1-4H3/t17-/m1/s1. The zero-order chi connectivity index (χ0) is 18.2. The molecule has 1 N–H and O–H groups in total. The molecule has 0 bridgehead atoms. The Hall–Kier alpha value is -1.30. The van der Waals surface area contributed by atoms with E-state index in [-0.39, 0.29) is 6.61 Å². The van der Waals surface area contributed by atoms with Gasteiger partial charge in [0, 0.05) is 38.8 Å². The smallest absolute Gasteiger partial charge is 0.127 e. The fourth-order valence-corrected chi connectivity index (χ4v) is 3.55. The summed E-state index contributed by atoms with van der Waals surface area (Å²) in [6.45, 7) is 9.77. The third-order valence-electron chi connectivity index (χ3n) is 5.06. The van der Waals surface area contributed by atoms with Crippen LogP contribution in [0.1, 0.15) is 32.3 Å². The van der Waals surface area contributed by atoms with E-state index < -0.39 is 0 Å². The van der Waals surface area contributed by atoms with Crippen LogP contribution in [0.15, 0.2) is 18.2 Å². The fraction of sp³-hybridized carbons (Fsp3) is 0.700. The highest BCUT2D eigenvalue weighted by Gasteiger charge is 2.27. The molecule has 1 heterocycles. The molecule has 0 unspecified atom stereocenters. The molecule has 0 saturated carbocycles. The minimum Gasteiger partial charge on any atom is -0.496 e. The van der Waals surface area contributed by atoms with E-state index in [1.54, 1.807) is 14.2 Å². The van der Waals surface area contributed by atoms with Crippen molar-refractivity contribution in [3.8, 4) is 11.5 Å². The summed E-state index contributed by atoms with van der Waals surface area (Å²) in [5.74, 6) is 2.46. The van der Waals surface area contributed by atoms with E-state index in [2.05, 4.69) is 23.6 Å². The normalized spacial score (nSPS) is 19.4. The van der Waals surface area contributed by atoms with Gasteiger partial charge in [-0.1, -0.05) is 19.9 Å². The molecule has 1 aromatic carbocycles. The van der Waals surface area contributed by atoms with Gasteiger partial charge >= 0.3 is 0 Å². The van der Waals surface area contributed by atoms with Crippen molar-refractivity contribution in [3.63, 3.8) is 0 Å². The number of aliphatic hydroxyl groups is 1. The summed E-state index contributed by atoms with van der Waals surface area (Å²) >= 11 is 0. The SMILES string of the molecule is COc1cccc(OC)c1CN1CCN(CCC(C)C)[C@H](CCO)C1. The Morgan fingerprint density at radius 2 is 1.84 bits per heavy atom. The molecule has 142 valence electrons. The number of hydrogen-bond acceptors (Lipinski definition) is 5. The second-order valence-corrected chi connectivity index (χ2v) is 7.26. The van der Waals surface area contributed by atoms with Crippen LogP contribution in [0.5, 0.6) is 11.5 Å². The van der Waals surface area contributed by atoms with Crippen molar-refractivity contribution >= 4 is 0 Å². The van der Waals surface area contributed by atoms with Crippen LogP contribution in [-0.4, -0.2) is 68.0 Å². The molecular formula is C20H34N2O3. The molecule has 0 spiro atoms. The Morgan fingerprint density at radius 1 is 1.16 bits per heavy atom. The fourth-order valence-electron chi connectivity index (χ4n) is 3.55. The summed E-state index contributed by atoms with van der Waals surface area (Å²) in [6.07, 6.45) is 2.04. The van der Waals surface area contributed by atoms with E-state index in [9.17, 15) is 5.11 Å². The molecular weight excluding hydrogens is 316 g/mol. The molecule has 1 saturated heterocycles. The third kappa shape index (κ3) is 5.59. The lowest BCUT2D eigenvalue weighted by Crippen LogP contribution is -2.53. The van der Waals surface area contributed by atoms with Crippen LogP contribution in [-0.2, 0) is 6.54 Å². The van der Waals surface area contributed by atoms with Crippen molar-refractivity contribution in [2.24, 2.45) is 5.92 Å². The number of ether oxygens (including phenoxy) is 2. The van der Waals surface area contributed by atoms with Gasteiger partial charge in [-0.2, -0.15) is 0 Å². The molecule has 25 heavy (non-hydrogen) atoms. The van der Waals surface area contributed by atoms with E-state index in [4.69, 9.17) is 9.47 Å². The van der Waals surface area contributed by atoms with Gasteiger partial charge in [0.2, 0.25) is 0 Å². The first-order valence-corrected chi connectivity index (χ1v) is 9.36. The second-order valence-electron chi connectivity index (χ2n) is 7.26. The summed E-state index contributed by atoms with van der Waals surface area (Å²) in [5.41, 5.74) is 1.10. The number of methoxy groups -OCH3 is 2. The van der Waals surface area contributed by atoms with Crippen molar-refractivity contribution in [2.45, 2.75) is 39.3 Å². The first-order chi connectivity index (χ1) is 12.1. The number of rotatable bonds is 9. The molecule has 1 aliphatic rings. The second kappa shape index (κ2) is 10.00. The molecule has 1 atom stereocenters. The van der Waals surface area contributed by atoms with Crippen LogP contribution in [0.4, 0.5) is 0 Å². The molecule has 0 aromatic heterocycles. The average Bonchev–Trinajstić information content (AvgIpc) is 2.61. The summed E-state index contributed by atoms with van der Waals surface area (Å²) in [5, 5.41) is 9.47. The lowest BCUT2D eigenvalue weighted by molar-refractivity contribution is 0.0517. The minimum absolute atomic E-state index is 0.245. The molecule has 5 nitrogen and oxygen atoms in total. The van der Waals surface area contributed by atoms with Gasteiger partial charge in [-0.25, -0.2) is 0 Å². The Balaban J connectivity index is 2.05. The predicted molar refractivity (Wildman–Crippen MR) is 101 cm³/mol. The Morgan fingerprint density at radius 3 is 2.40 bits per heavy atom. The van der Waals surface area contributed by atoms with Gasteiger partial charge in [-0.3, -0.25) is 9.80 Å². The molecule has 1 aliphatic heterocycles. The van der Waals surface area contributed by atoms with Gasteiger partial charge in [0.25, 0.3) is 0 Å². The number of aliphatic hydroxyl groups excluding tert-OH is 1. The van der Waals surface area contributed by atoms with Gasteiger partial charge in [-0.15, -0.1) is 0 Å². The molecule has 5 heteroatoms. The maximum absolute atomic E-state index is 9.47. The van der Waals surface area contributed by atoms with Crippen LogP contribution in [0.25, 0.3) is 0 Å². The predicted octanol–water partition coefficient (Wildman–Crippen LogP) is 2.62. The Labute approximate surface area is 152 Å². The Bertz CT molecular complexity index is 499. The number of piperazine rings is 1. The molecule has 0 amide bonds. The largest absolute Gasteiger partial charge is 0.496 e. The zero-order valence-electron chi connectivity index (χ0n) is 16.2. The van der Waals surface area contributed by atoms with Crippen molar-refractivity contribution in [1.82, 2.24) is 9.80 Å². The van der Waals surface area contributed by atoms with Crippen molar-refractivity contribution in [3.05, 3.63) is 23.8 Å². The zero-order valence-corrected chi connectivity index (χ0v) is 16.2. The van der Waals surface area contributed by atoms with Crippen molar-refractivity contribution < 1.29 is 14.6 Å². The van der Waals surface area contributed by atoms with Crippen LogP contribution in [0.3, 0.4) is 0 Å². The lowest BCUT2D eigenvalue weighted by Gasteiger charge is -2.42. The number of hydrogen-bond donors (Lipinski definition) is 1. The van der Waals surface area contributed by atoms with Gasteiger partial charge in [0.1, 0.15) is 11.5 Å². The lowest BCUT2D eigenvalue weighted by atomic mass is 10.0. The summed E-state index contributed by atoms with van der Waals surface area (Å²) in [7, 11) is 3.41. The van der Waals surface area contributed by atoms with Gasteiger partial charge < -0.3 is 14.6 Å². The van der Waals surface area contributed by atoms with Crippen LogP contribution in [0.2, 0.25) is 0 Å². The number of nitrogens with zero attached hydrogens (tertiary/aromatic N) is 2. The number of benzene rings is 1. The topological polar surface area (TPSA) is 45.2 Å². The van der Waals surface area contributed by atoms with Crippen LogP contribution >= 0.6 is 0 Å². The van der Waals surface area contributed by atoms with E-state index >= 15 is 0 Å². The van der Waals surface area contributed by atoms with E-state index in [0.29, 0.717) is 12.0 Å². The maximum atomic E-state index is 9.47. The van der Waals surface area contributed by atoms with E-state index in [1.165, 1.54) is 6.42 Å². The Kier molecular flexibility index (Phi) is 8.00. The molecule has 0 radical (unpaired) electrons. The summed E-state index contributed by atoms with van der Waals surface area (Å²) < 4.78 is 11.1. The monoisotopic (exact) mass is 350 g/mol. The molecule has 0 aliphatic carbocycles. The van der Waals surface area contributed by atoms with Crippen LogP contribution in [0, 0.1) is 5.92 Å². The van der Waals surface area contributed by atoms with Gasteiger partial charge in [-0.05, 0) is 37.4 Å². The highest BCUT2D eigenvalue weighted by Crippen LogP contribution is 2.30. The van der Waals surface area contributed by atoms with Gasteiger partial charge in [0.05, 0.1) is 19.8 Å². The summed E-state index contributed by atoms with van der Waals surface area (Å²) in [6, 6.07) is 6.35. The quantitative estimate of drug-likeness (QED) is 0.742. The van der Waals surface area contributed by atoms with Crippen molar-refractivity contribution in [2.75, 3.05) is 47.0 Å². The first-order valence-electron chi connectivity index (χ1n) is 9.36. The first kappa shape index (κ1) is 20.0. The van der Waals surface area contributed by atoms with Gasteiger partial charge in [0.15, 0.2) is 0 Å². The average molecular weight is 351 g/mol. The van der Waals surface area contributed by atoms with E-state index in [0.717, 1.165) is 56.2 Å².